The Labute approximate surface area is 106 Å². The molecule has 2 aromatic rings. The van der Waals surface area contributed by atoms with Crippen molar-refractivity contribution in [3.05, 3.63) is 40.7 Å². The highest BCUT2D eigenvalue weighted by Gasteiger charge is 2.09. The largest absolute Gasteiger partial charge is 0.299 e. The molecule has 0 atom stereocenters. The fraction of sp³-hybridized carbons (Fsp3) is 0.385. The van der Waals surface area contributed by atoms with Crippen LogP contribution in [-0.4, -0.2) is 26.0 Å². The van der Waals surface area contributed by atoms with Gasteiger partial charge in [-0.1, -0.05) is 29.3 Å². The van der Waals surface area contributed by atoms with Crippen LogP contribution in [0.15, 0.2) is 18.2 Å². The summed E-state index contributed by atoms with van der Waals surface area (Å²) in [6.45, 7) is 4.07. The van der Waals surface area contributed by atoms with Crippen molar-refractivity contribution in [3.63, 3.8) is 0 Å². The molecule has 0 saturated carbocycles. The maximum absolute atomic E-state index is 11.9. The third-order valence-corrected chi connectivity index (χ3v) is 2.59. The van der Waals surface area contributed by atoms with E-state index < -0.39 is 0 Å². The van der Waals surface area contributed by atoms with E-state index in [0.29, 0.717) is 12.2 Å². The molecule has 0 aliphatic heterocycles. The van der Waals surface area contributed by atoms with Crippen molar-refractivity contribution in [1.82, 2.24) is 20.2 Å². The molecule has 0 aliphatic rings. The third-order valence-electron chi connectivity index (χ3n) is 2.59. The Balaban J connectivity index is 2.02. The highest BCUT2D eigenvalue weighted by molar-refractivity contribution is 5.82. The predicted molar refractivity (Wildman–Crippen MR) is 67.1 cm³/mol. The Morgan fingerprint density at radius 2 is 1.83 bits per heavy atom. The summed E-state index contributed by atoms with van der Waals surface area (Å²) in [6.07, 6.45) is 0.654. The Kier molecular flexibility index (Phi) is 3.50. The Morgan fingerprint density at radius 3 is 2.39 bits per heavy atom. The van der Waals surface area contributed by atoms with Gasteiger partial charge in [0.05, 0.1) is 13.5 Å². The number of carbonyl (C=O) groups excluding carboxylic acids is 1. The Morgan fingerprint density at radius 1 is 1.17 bits per heavy atom. The van der Waals surface area contributed by atoms with Crippen molar-refractivity contribution in [1.29, 1.82) is 0 Å². The lowest BCUT2D eigenvalue weighted by atomic mass is 10.0. The number of rotatable bonds is 4. The van der Waals surface area contributed by atoms with Crippen LogP contribution in [0.2, 0.25) is 0 Å². The molecular weight excluding hydrogens is 228 g/mol. The number of hydrogen-bond acceptors (Lipinski definition) is 4. The van der Waals surface area contributed by atoms with Crippen molar-refractivity contribution in [3.8, 4) is 0 Å². The first kappa shape index (κ1) is 12.4. The zero-order valence-electron chi connectivity index (χ0n) is 10.8. The summed E-state index contributed by atoms with van der Waals surface area (Å²) in [5, 5.41) is 11.5. The number of Topliss-reactive ketones (excluding diaryl/α,β-unsaturated/α-hetero) is 1. The van der Waals surface area contributed by atoms with E-state index in [-0.39, 0.29) is 12.2 Å². The minimum absolute atomic E-state index is 0.105. The van der Waals surface area contributed by atoms with Gasteiger partial charge in [0.15, 0.2) is 5.82 Å². The second-order valence-electron chi connectivity index (χ2n) is 4.58. The second kappa shape index (κ2) is 5.08. The first-order chi connectivity index (χ1) is 8.52. The molecule has 5 nitrogen and oxygen atoms in total. The molecule has 0 unspecified atom stereocenters. The lowest BCUT2D eigenvalue weighted by Crippen LogP contribution is -2.08. The van der Waals surface area contributed by atoms with E-state index in [1.165, 1.54) is 15.9 Å². The van der Waals surface area contributed by atoms with E-state index >= 15 is 0 Å². The molecule has 0 saturated heterocycles. The van der Waals surface area contributed by atoms with Crippen LogP contribution >= 0.6 is 0 Å². The predicted octanol–water partition coefficient (Wildman–Crippen LogP) is 1.18. The van der Waals surface area contributed by atoms with Crippen molar-refractivity contribution >= 4 is 5.78 Å². The monoisotopic (exact) mass is 244 g/mol. The molecule has 0 radical (unpaired) electrons. The highest BCUT2D eigenvalue weighted by Crippen LogP contribution is 2.10. The molecule has 1 aromatic carbocycles. The van der Waals surface area contributed by atoms with Crippen LogP contribution in [0.5, 0.6) is 0 Å². The minimum atomic E-state index is 0.105. The van der Waals surface area contributed by atoms with Crippen LogP contribution in [0.4, 0.5) is 0 Å². The zero-order valence-corrected chi connectivity index (χ0v) is 10.8. The first-order valence-electron chi connectivity index (χ1n) is 5.84. The van der Waals surface area contributed by atoms with Gasteiger partial charge in [0.2, 0.25) is 0 Å². The van der Waals surface area contributed by atoms with Gasteiger partial charge in [0.1, 0.15) is 5.78 Å². The quantitative estimate of drug-likeness (QED) is 0.810. The van der Waals surface area contributed by atoms with E-state index in [1.54, 1.807) is 7.05 Å². The molecule has 0 fully saturated rings. The van der Waals surface area contributed by atoms with Gasteiger partial charge in [-0.2, -0.15) is 4.80 Å². The van der Waals surface area contributed by atoms with Gasteiger partial charge in [-0.05, 0) is 24.6 Å². The molecule has 2 rings (SSSR count). The van der Waals surface area contributed by atoms with Crippen LogP contribution < -0.4 is 0 Å². The van der Waals surface area contributed by atoms with Gasteiger partial charge in [-0.3, -0.25) is 4.79 Å². The molecule has 94 valence electrons. The van der Waals surface area contributed by atoms with Crippen LogP contribution in [0.25, 0.3) is 0 Å². The number of aromatic nitrogens is 4. The third kappa shape index (κ3) is 3.23. The van der Waals surface area contributed by atoms with Crippen molar-refractivity contribution in [2.24, 2.45) is 7.05 Å². The highest BCUT2D eigenvalue weighted by atomic mass is 16.1. The normalized spacial score (nSPS) is 10.6. The number of aryl methyl sites for hydroxylation is 3. The molecule has 0 amide bonds. The minimum Gasteiger partial charge on any atom is -0.299 e. The topological polar surface area (TPSA) is 60.7 Å². The summed E-state index contributed by atoms with van der Waals surface area (Å²) in [4.78, 5) is 13.3. The molecule has 0 N–H and O–H groups in total. The van der Waals surface area contributed by atoms with Gasteiger partial charge in [0, 0.05) is 6.42 Å². The summed E-state index contributed by atoms with van der Waals surface area (Å²) in [5.41, 5.74) is 3.40. The van der Waals surface area contributed by atoms with Crippen LogP contribution in [0.3, 0.4) is 0 Å². The fourth-order valence-electron chi connectivity index (χ4n) is 2.03. The van der Waals surface area contributed by atoms with Crippen LogP contribution in [0, 0.1) is 13.8 Å². The maximum Gasteiger partial charge on any atom is 0.182 e. The van der Waals surface area contributed by atoms with Crippen LogP contribution in [0.1, 0.15) is 22.5 Å². The molecule has 5 heteroatoms. The summed E-state index contributed by atoms with van der Waals surface area (Å²) in [6, 6.07) is 6.17. The molecule has 1 heterocycles. The average Bonchev–Trinajstić information content (AvgIpc) is 2.61. The van der Waals surface area contributed by atoms with Gasteiger partial charge >= 0.3 is 0 Å². The fourth-order valence-corrected chi connectivity index (χ4v) is 2.03. The number of hydrogen-bond donors (Lipinski definition) is 0. The molecule has 0 bridgehead atoms. The number of ketones is 1. The summed E-state index contributed by atoms with van der Waals surface area (Å²) in [5.74, 6) is 0.583. The summed E-state index contributed by atoms with van der Waals surface area (Å²) >= 11 is 0. The SMILES string of the molecule is Cc1cc(C)cc(CC(=O)Cc2nnn(C)n2)c1. The first-order valence-corrected chi connectivity index (χ1v) is 5.84. The van der Waals surface area contributed by atoms with Crippen molar-refractivity contribution in [2.45, 2.75) is 26.7 Å². The molecule has 1 aromatic heterocycles. The average molecular weight is 244 g/mol. The number of nitrogens with zero attached hydrogens (tertiary/aromatic N) is 4. The van der Waals surface area contributed by atoms with E-state index in [1.807, 2.05) is 26.0 Å². The molecule has 18 heavy (non-hydrogen) atoms. The Hall–Kier alpha value is -2.04. The second-order valence-corrected chi connectivity index (χ2v) is 4.58. The zero-order chi connectivity index (χ0) is 13.1. The lowest BCUT2D eigenvalue weighted by molar-refractivity contribution is -0.117. The number of benzene rings is 1. The van der Waals surface area contributed by atoms with Crippen molar-refractivity contribution < 1.29 is 4.79 Å². The molecule has 0 spiro atoms. The van der Waals surface area contributed by atoms with E-state index in [0.717, 1.165) is 5.56 Å². The van der Waals surface area contributed by atoms with E-state index in [4.69, 9.17) is 0 Å². The molecule has 0 aliphatic carbocycles. The molecular formula is C13H16N4O. The van der Waals surface area contributed by atoms with Crippen LogP contribution in [-0.2, 0) is 24.7 Å². The number of tetrazole rings is 1. The van der Waals surface area contributed by atoms with E-state index in [9.17, 15) is 4.79 Å². The van der Waals surface area contributed by atoms with Gasteiger partial charge in [-0.25, -0.2) is 0 Å². The maximum atomic E-state index is 11.9. The standard InChI is InChI=1S/C13H16N4O/c1-9-4-10(2)6-11(5-9)7-12(18)8-13-14-16-17(3)15-13/h4-6H,7-8H2,1-3H3. The van der Waals surface area contributed by atoms with Gasteiger partial charge in [0.25, 0.3) is 0 Å². The number of carbonyl (C=O) groups is 1. The van der Waals surface area contributed by atoms with Crippen molar-refractivity contribution in [2.75, 3.05) is 0 Å². The Bertz CT molecular complexity index is 554. The van der Waals surface area contributed by atoms with Gasteiger partial charge in [-0.15, -0.1) is 10.2 Å². The van der Waals surface area contributed by atoms with Gasteiger partial charge < -0.3 is 0 Å². The summed E-state index contributed by atoms with van der Waals surface area (Å²) in [7, 11) is 1.69. The van der Waals surface area contributed by atoms with E-state index in [2.05, 4.69) is 21.5 Å². The summed E-state index contributed by atoms with van der Waals surface area (Å²) < 4.78 is 0. The smallest absolute Gasteiger partial charge is 0.182 e. The lowest BCUT2D eigenvalue weighted by Gasteiger charge is -2.03.